The van der Waals surface area contributed by atoms with Crippen LogP contribution in [0.5, 0.6) is 0 Å². The first kappa shape index (κ1) is 39.6. The van der Waals surface area contributed by atoms with Gasteiger partial charge in [0.1, 0.15) is 0 Å². The van der Waals surface area contributed by atoms with Crippen LogP contribution in [0.25, 0.3) is 10.8 Å². The molecule has 4 rings (SSSR count). The quantitative estimate of drug-likeness (QED) is 0.0604. The summed E-state index contributed by atoms with van der Waals surface area (Å²) in [7, 11) is 0. The molecule has 0 saturated heterocycles. The van der Waals surface area contributed by atoms with Gasteiger partial charge in [-0.1, -0.05) is 6.92 Å². The summed E-state index contributed by atoms with van der Waals surface area (Å²) in [6.07, 6.45) is 19.6. The number of hydrogen-bond acceptors (Lipinski definition) is 4. The molecule has 0 unspecified atom stereocenters. The van der Waals surface area contributed by atoms with Crippen LogP contribution in [0.2, 0.25) is 13.3 Å². The Balaban J connectivity index is 1.88. The summed E-state index contributed by atoms with van der Waals surface area (Å²) >= 11 is -3.36. The molecule has 0 fully saturated rings. The molecule has 2 aliphatic heterocycles. The van der Waals surface area contributed by atoms with E-state index >= 15 is 0 Å². The number of benzene rings is 2. The summed E-state index contributed by atoms with van der Waals surface area (Å²) in [5.74, 6) is -0.994. The fraction of sp³-hybridized carbons (Fsp3) is 0.667. The van der Waals surface area contributed by atoms with Gasteiger partial charge < -0.3 is 0 Å². The molecule has 0 radical (unpaired) electrons. The van der Waals surface area contributed by atoms with E-state index in [0.717, 1.165) is 93.9 Å². The summed E-state index contributed by atoms with van der Waals surface area (Å²) in [6.45, 7) is 12.0. The van der Waals surface area contributed by atoms with Crippen LogP contribution in [0.15, 0.2) is 18.2 Å². The molecule has 0 atom stereocenters. The van der Waals surface area contributed by atoms with E-state index in [2.05, 4.69) is 40.7 Å². The zero-order valence-corrected chi connectivity index (χ0v) is 34.4. The second-order valence-electron chi connectivity index (χ2n) is 14.9. The van der Waals surface area contributed by atoms with E-state index in [1.54, 1.807) is 12.1 Å². The standard InChI is InChI=1S/C30H37N2O4.3C4H9.Sn/c1-3-5-7-9-11-13-19-31-27(33)21-15-17-23-26-24(18-16-22(25(21)26)28(31)34)30(36)32(29(23)35)20-14-12-10-8-6-4-2;3*1-3-4-2;/h15-17H,3-14,19-20H2,1-2H3;3*1,3-4H2,2H3;. The van der Waals surface area contributed by atoms with Crippen LogP contribution < -0.4 is 3.58 Å². The predicted molar refractivity (Wildman–Crippen MR) is 206 cm³/mol. The minimum absolute atomic E-state index is 0.190. The molecule has 0 aliphatic carbocycles. The Kier molecular flexibility index (Phi) is 15.7. The van der Waals surface area contributed by atoms with Gasteiger partial charge >= 0.3 is 295 Å². The van der Waals surface area contributed by atoms with Gasteiger partial charge in [0.05, 0.1) is 0 Å². The van der Waals surface area contributed by atoms with Gasteiger partial charge in [-0.25, -0.2) is 0 Å². The monoisotopic (exact) mass is 780 g/mol. The third-order valence-corrected chi connectivity index (χ3v) is 26.8. The molecule has 0 aromatic heterocycles. The second kappa shape index (κ2) is 19.4. The molecular formula is C42H64N2O4Sn. The number of amides is 4. The third kappa shape index (κ3) is 8.81. The van der Waals surface area contributed by atoms with Crippen LogP contribution in [0.3, 0.4) is 0 Å². The van der Waals surface area contributed by atoms with E-state index in [0.29, 0.717) is 46.1 Å². The second-order valence-corrected chi connectivity index (χ2v) is 28.0. The van der Waals surface area contributed by atoms with Gasteiger partial charge in [-0.3, -0.25) is 0 Å². The Bertz CT molecular complexity index is 1440. The van der Waals surface area contributed by atoms with Gasteiger partial charge in [-0.15, -0.1) is 0 Å². The van der Waals surface area contributed by atoms with E-state index in [9.17, 15) is 19.2 Å². The van der Waals surface area contributed by atoms with Crippen LogP contribution in [-0.2, 0) is 0 Å². The van der Waals surface area contributed by atoms with Gasteiger partial charge in [-0.05, 0) is 0 Å². The van der Waals surface area contributed by atoms with E-state index in [-0.39, 0.29) is 23.6 Å². The van der Waals surface area contributed by atoms with Crippen LogP contribution in [0, 0.1) is 0 Å². The number of unbranched alkanes of at least 4 members (excludes halogenated alkanes) is 13. The number of nitrogens with zero attached hydrogens (tertiary/aromatic N) is 2. The first-order valence-corrected chi connectivity index (χ1v) is 27.7. The van der Waals surface area contributed by atoms with Crippen molar-refractivity contribution < 1.29 is 19.2 Å². The van der Waals surface area contributed by atoms with Gasteiger partial charge in [0, 0.05) is 0 Å². The Morgan fingerprint density at radius 1 is 0.449 bits per heavy atom. The molecule has 6 nitrogen and oxygen atoms in total. The molecule has 2 aromatic carbocycles. The minimum atomic E-state index is -3.36. The van der Waals surface area contributed by atoms with E-state index < -0.39 is 18.4 Å². The topological polar surface area (TPSA) is 74.8 Å². The normalized spacial score (nSPS) is 14.6. The first-order chi connectivity index (χ1) is 23.8. The molecule has 0 saturated carbocycles. The van der Waals surface area contributed by atoms with E-state index in [4.69, 9.17) is 0 Å². The van der Waals surface area contributed by atoms with Crippen molar-refractivity contribution >= 4 is 56.4 Å². The third-order valence-electron chi connectivity index (χ3n) is 11.2. The average Bonchev–Trinajstić information content (AvgIpc) is 3.11. The number of carbonyl (C=O) groups excluding carboxylic acids is 4. The summed E-state index contributed by atoms with van der Waals surface area (Å²) in [5, 5.41) is 1.15. The maximum atomic E-state index is 14.8. The average molecular weight is 780 g/mol. The summed E-state index contributed by atoms with van der Waals surface area (Å²) in [5.41, 5.74) is 2.18. The van der Waals surface area contributed by atoms with E-state index in [1.165, 1.54) is 48.3 Å². The van der Waals surface area contributed by atoms with Gasteiger partial charge in [0.2, 0.25) is 0 Å². The van der Waals surface area contributed by atoms with Crippen molar-refractivity contribution in [3.8, 4) is 0 Å². The molecule has 0 N–H and O–H groups in total. The van der Waals surface area contributed by atoms with Crippen molar-refractivity contribution in [2.24, 2.45) is 0 Å². The van der Waals surface area contributed by atoms with Crippen LogP contribution >= 0.6 is 0 Å². The zero-order valence-electron chi connectivity index (χ0n) is 31.5. The van der Waals surface area contributed by atoms with Crippen molar-refractivity contribution in [1.82, 2.24) is 9.80 Å². The van der Waals surface area contributed by atoms with Crippen molar-refractivity contribution in [3.63, 3.8) is 0 Å². The zero-order chi connectivity index (χ0) is 35.4. The summed E-state index contributed by atoms with van der Waals surface area (Å²) < 4.78 is 4.58. The SMILES string of the molecule is CCCCCCCCN1C(=O)c2ccc3c4c([c]([Sn]([CH2]CCC)([CH2]CCC)[CH2]CCC)cc(c24)C1=O)C(=O)N(CCCCCCCC)C3=O. The fourth-order valence-electron chi connectivity index (χ4n) is 8.32. The van der Waals surface area contributed by atoms with Gasteiger partial charge in [-0.2, -0.15) is 0 Å². The molecule has 2 aromatic rings. The molecule has 2 aliphatic rings. The van der Waals surface area contributed by atoms with Crippen LogP contribution in [-0.4, -0.2) is 64.9 Å². The van der Waals surface area contributed by atoms with Crippen LogP contribution in [0.1, 0.15) is 192 Å². The molecule has 2 heterocycles. The van der Waals surface area contributed by atoms with Gasteiger partial charge in [0.25, 0.3) is 0 Å². The molecular weight excluding hydrogens is 715 g/mol. The Labute approximate surface area is 301 Å². The van der Waals surface area contributed by atoms with Crippen molar-refractivity contribution in [1.29, 1.82) is 0 Å². The molecule has 0 spiro atoms. The first-order valence-electron chi connectivity index (χ1n) is 20.2. The Morgan fingerprint density at radius 2 is 0.837 bits per heavy atom. The van der Waals surface area contributed by atoms with Crippen molar-refractivity contribution in [2.45, 2.75) is 164 Å². The van der Waals surface area contributed by atoms with Crippen molar-refractivity contribution in [2.75, 3.05) is 13.1 Å². The number of imide groups is 2. The molecule has 7 heteroatoms. The Morgan fingerprint density at radius 3 is 1.31 bits per heavy atom. The summed E-state index contributed by atoms with van der Waals surface area (Å²) in [4.78, 5) is 60.5. The molecule has 4 amide bonds. The number of rotatable bonds is 24. The van der Waals surface area contributed by atoms with Crippen LogP contribution in [0.4, 0.5) is 0 Å². The predicted octanol–water partition coefficient (Wildman–Crippen LogP) is 10.8. The van der Waals surface area contributed by atoms with Gasteiger partial charge in [0.15, 0.2) is 0 Å². The molecule has 270 valence electrons. The van der Waals surface area contributed by atoms with Crippen molar-refractivity contribution in [3.05, 3.63) is 40.5 Å². The Hall–Kier alpha value is -2.22. The number of carbonyl (C=O) groups is 4. The molecule has 0 bridgehead atoms. The maximum absolute atomic E-state index is 14.8. The van der Waals surface area contributed by atoms with E-state index in [1.807, 2.05) is 0 Å². The summed E-state index contributed by atoms with van der Waals surface area (Å²) in [6, 6.07) is 5.66. The molecule has 49 heavy (non-hydrogen) atoms. The fourth-order valence-corrected chi connectivity index (χ4v) is 25.0. The number of hydrogen-bond donors (Lipinski definition) is 0.